The van der Waals surface area contributed by atoms with Crippen molar-refractivity contribution in [2.24, 2.45) is 0 Å². The van der Waals surface area contributed by atoms with Crippen molar-refractivity contribution in [3.8, 4) is 0 Å². The molecule has 0 unspecified atom stereocenters. The van der Waals surface area contributed by atoms with Gasteiger partial charge in [0.1, 0.15) is 0 Å². The summed E-state index contributed by atoms with van der Waals surface area (Å²) >= 11 is 0. The standard InChI is InChI=1S/C17H18N2O2S/c1-2-22(20,21)17-10-6-5-9-16(17)18-12-14-11-13-7-3-4-8-15(13)19-14/h3-11,18-19H,2,12H2,1H3. The van der Waals surface area contributed by atoms with E-state index in [1.807, 2.05) is 30.3 Å². The number of H-pyrrole nitrogens is 1. The maximum atomic E-state index is 12.1. The normalized spacial score (nSPS) is 11.7. The molecule has 0 spiro atoms. The van der Waals surface area contributed by atoms with Crippen LogP contribution in [0.2, 0.25) is 0 Å². The first kappa shape index (κ1) is 14.7. The van der Waals surface area contributed by atoms with Gasteiger partial charge in [-0.05, 0) is 29.7 Å². The number of aromatic nitrogens is 1. The molecular weight excluding hydrogens is 296 g/mol. The molecule has 0 amide bonds. The van der Waals surface area contributed by atoms with Gasteiger partial charge in [-0.25, -0.2) is 8.42 Å². The second-order valence-electron chi connectivity index (χ2n) is 5.13. The summed E-state index contributed by atoms with van der Waals surface area (Å²) in [6, 6.07) is 17.1. The fourth-order valence-corrected chi connectivity index (χ4v) is 3.53. The highest BCUT2D eigenvalue weighted by molar-refractivity contribution is 7.91. The van der Waals surface area contributed by atoms with Crippen LogP contribution in [0.15, 0.2) is 59.5 Å². The van der Waals surface area contributed by atoms with E-state index in [9.17, 15) is 8.42 Å². The van der Waals surface area contributed by atoms with Gasteiger partial charge in [-0.1, -0.05) is 37.3 Å². The van der Waals surface area contributed by atoms with E-state index in [2.05, 4.69) is 16.4 Å². The van der Waals surface area contributed by atoms with Crippen LogP contribution in [0, 0.1) is 0 Å². The molecule has 0 aliphatic heterocycles. The second kappa shape index (κ2) is 5.85. The number of fused-ring (bicyclic) bond motifs is 1. The average Bonchev–Trinajstić information content (AvgIpc) is 2.96. The first-order valence-electron chi connectivity index (χ1n) is 7.22. The lowest BCUT2D eigenvalue weighted by atomic mass is 10.2. The Balaban J connectivity index is 1.85. The molecule has 22 heavy (non-hydrogen) atoms. The van der Waals surface area contributed by atoms with Crippen LogP contribution in [0.5, 0.6) is 0 Å². The third-order valence-electron chi connectivity index (χ3n) is 3.66. The largest absolute Gasteiger partial charge is 0.378 e. The summed E-state index contributed by atoms with van der Waals surface area (Å²) in [4.78, 5) is 3.68. The molecule has 3 rings (SSSR count). The Kier molecular flexibility index (Phi) is 3.90. The summed E-state index contributed by atoms with van der Waals surface area (Å²) in [5.41, 5.74) is 2.74. The van der Waals surface area contributed by atoms with Gasteiger partial charge in [0, 0.05) is 11.2 Å². The highest BCUT2D eigenvalue weighted by atomic mass is 32.2. The van der Waals surface area contributed by atoms with Crippen molar-refractivity contribution in [1.29, 1.82) is 0 Å². The quantitative estimate of drug-likeness (QED) is 0.757. The number of nitrogens with one attached hydrogen (secondary N) is 2. The minimum Gasteiger partial charge on any atom is -0.378 e. The summed E-state index contributed by atoms with van der Waals surface area (Å²) in [6.07, 6.45) is 0. The van der Waals surface area contributed by atoms with E-state index in [4.69, 9.17) is 0 Å². The Morgan fingerprint density at radius 1 is 1.05 bits per heavy atom. The zero-order valence-electron chi connectivity index (χ0n) is 12.3. The maximum absolute atomic E-state index is 12.1. The molecule has 0 saturated carbocycles. The number of hydrogen-bond acceptors (Lipinski definition) is 3. The molecular formula is C17H18N2O2S. The van der Waals surface area contributed by atoms with Crippen LogP contribution < -0.4 is 5.32 Å². The first-order chi connectivity index (χ1) is 10.6. The third-order valence-corrected chi connectivity index (χ3v) is 5.44. The lowest BCUT2D eigenvalue weighted by molar-refractivity contribution is 0.597. The Bertz CT molecular complexity index is 865. The van der Waals surface area contributed by atoms with Crippen molar-refractivity contribution >= 4 is 26.4 Å². The van der Waals surface area contributed by atoms with Crippen LogP contribution in [0.3, 0.4) is 0 Å². The average molecular weight is 314 g/mol. The molecule has 2 N–H and O–H groups in total. The SMILES string of the molecule is CCS(=O)(=O)c1ccccc1NCc1cc2ccccc2[nH]1. The van der Waals surface area contributed by atoms with Crippen LogP contribution in [0.4, 0.5) is 5.69 Å². The minimum absolute atomic E-state index is 0.0953. The maximum Gasteiger partial charge on any atom is 0.180 e. The second-order valence-corrected chi connectivity index (χ2v) is 7.38. The van der Waals surface area contributed by atoms with Crippen molar-refractivity contribution in [3.63, 3.8) is 0 Å². The third kappa shape index (κ3) is 2.85. The topological polar surface area (TPSA) is 62.0 Å². The molecule has 0 bridgehead atoms. The van der Waals surface area contributed by atoms with Crippen molar-refractivity contribution in [2.75, 3.05) is 11.1 Å². The molecule has 1 aromatic heterocycles. The summed E-state index contributed by atoms with van der Waals surface area (Å²) in [7, 11) is -3.23. The molecule has 0 radical (unpaired) electrons. The number of rotatable bonds is 5. The van der Waals surface area contributed by atoms with Gasteiger partial charge in [0.25, 0.3) is 0 Å². The van der Waals surface area contributed by atoms with E-state index in [1.54, 1.807) is 25.1 Å². The molecule has 0 saturated heterocycles. The highest BCUT2D eigenvalue weighted by Gasteiger charge is 2.15. The van der Waals surface area contributed by atoms with E-state index in [-0.39, 0.29) is 5.75 Å². The smallest absolute Gasteiger partial charge is 0.180 e. The van der Waals surface area contributed by atoms with Gasteiger partial charge in [0.15, 0.2) is 9.84 Å². The van der Waals surface area contributed by atoms with Gasteiger partial charge in [-0.15, -0.1) is 0 Å². The van der Waals surface area contributed by atoms with Crippen LogP contribution >= 0.6 is 0 Å². The minimum atomic E-state index is -3.23. The Morgan fingerprint density at radius 3 is 2.55 bits per heavy atom. The van der Waals surface area contributed by atoms with Crippen LogP contribution in [0.25, 0.3) is 10.9 Å². The van der Waals surface area contributed by atoms with E-state index < -0.39 is 9.84 Å². The van der Waals surface area contributed by atoms with Crippen LogP contribution in [-0.4, -0.2) is 19.2 Å². The van der Waals surface area contributed by atoms with Crippen LogP contribution in [0.1, 0.15) is 12.6 Å². The molecule has 2 aromatic carbocycles. The van der Waals surface area contributed by atoms with Gasteiger partial charge >= 0.3 is 0 Å². The first-order valence-corrected chi connectivity index (χ1v) is 8.87. The molecule has 0 atom stereocenters. The summed E-state index contributed by atoms with van der Waals surface area (Å²) < 4.78 is 24.3. The van der Waals surface area contributed by atoms with Crippen molar-refractivity contribution in [3.05, 3.63) is 60.3 Å². The van der Waals surface area contributed by atoms with E-state index >= 15 is 0 Å². The molecule has 0 fully saturated rings. The van der Waals surface area contributed by atoms with Crippen molar-refractivity contribution in [1.82, 2.24) is 4.98 Å². The number of para-hydroxylation sites is 2. The summed E-state index contributed by atoms with van der Waals surface area (Å²) in [5.74, 6) is 0.0953. The van der Waals surface area contributed by atoms with E-state index in [1.165, 1.54) is 0 Å². The Morgan fingerprint density at radius 2 is 1.77 bits per heavy atom. The van der Waals surface area contributed by atoms with Crippen molar-refractivity contribution in [2.45, 2.75) is 18.4 Å². The predicted octanol–water partition coefficient (Wildman–Crippen LogP) is 3.57. The van der Waals surface area contributed by atoms with Gasteiger partial charge in [0.05, 0.1) is 22.9 Å². The zero-order valence-corrected chi connectivity index (χ0v) is 13.2. The lowest BCUT2D eigenvalue weighted by Gasteiger charge is -2.11. The Hall–Kier alpha value is -2.27. The number of benzene rings is 2. The molecule has 0 aliphatic carbocycles. The summed E-state index contributed by atoms with van der Waals surface area (Å²) in [5, 5.41) is 4.37. The van der Waals surface area contributed by atoms with Gasteiger partial charge in [-0.3, -0.25) is 0 Å². The van der Waals surface area contributed by atoms with Gasteiger partial charge in [-0.2, -0.15) is 0 Å². The molecule has 4 nitrogen and oxygen atoms in total. The Labute approximate surface area is 130 Å². The lowest BCUT2D eigenvalue weighted by Crippen LogP contribution is -2.09. The summed E-state index contributed by atoms with van der Waals surface area (Å²) in [6.45, 7) is 2.20. The number of anilines is 1. The van der Waals surface area contributed by atoms with E-state index in [0.29, 0.717) is 17.1 Å². The number of sulfone groups is 1. The van der Waals surface area contributed by atoms with Crippen molar-refractivity contribution < 1.29 is 8.42 Å². The monoisotopic (exact) mass is 314 g/mol. The molecule has 114 valence electrons. The molecule has 1 heterocycles. The molecule has 3 aromatic rings. The number of hydrogen-bond donors (Lipinski definition) is 2. The van der Waals surface area contributed by atoms with Gasteiger partial charge in [0.2, 0.25) is 0 Å². The zero-order chi connectivity index (χ0) is 15.6. The van der Waals surface area contributed by atoms with Gasteiger partial charge < -0.3 is 10.3 Å². The highest BCUT2D eigenvalue weighted by Crippen LogP contribution is 2.23. The molecule has 0 aliphatic rings. The fraction of sp³-hybridized carbons (Fsp3) is 0.176. The van der Waals surface area contributed by atoms with Crippen LogP contribution in [-0.2, 0) is 16.4 Å². The van der Waals surface area contributed by atoms with E-state index in [0.717, 1.165) is 16.6 Å². The predicted molar refractivity (Wildman–Crippen MR) is 89.8 cm³/mol. The molecule has 5 heteroatoms. The fourth-order valence-electron chi connectivity index (χ4n) is 2.46. The number of aromatic amines is 1.